The summed E-state index contributed by atoms with van der Waals surface area (Å²) in [5.41, 5.74) is 2.82. The highest BCUT2D eigenvalue weighted by Crippen LogP contribution is 2.23. The topological polar surface area (TPSA) is 142 Å². The van der Waals surface area contributed by atoms with Crippen LogP contribution < -0.4 is 10.7 Å². The van der Waals surface area contributed by atoms with Gasteiger partial charge in [0.2, 0.25) is 11.6 Å². The highest BCUT2D eigenvalue weighted by molar-refractivity contribution is 7.99. The standard InChI is InChI=1S/C27H28ClN7O4S/c1-34(11-19(36)13-40-26-23-25(31-14-30-23)32-15-33-26)12-20-8-21-24(38)17(10-35(2)27(21)39-20)7-22(37)29-9-16-3-5-18(28)6-4-16/h3-6,8,10,14-15,19,36H,7,9,11-13H2,1-2H3,(H,29,37)(H,30,31,32,33). The molecule has 0 saturated heterocycles. The van der Waals surface area contributed by atoms with Crippen LogP contribution in [0.5, 0.6) is 0 Å². The second-order valence-electron chi connectivity index (χ2n) is 9.55. The summed E-state index contributed by atoms with van der Waals surface area (Å²) in [6, 6.07) is 8.91. The van der Waals surface area contributed by atoms with Gasteiger partial charge in [-0.3, -0.25) is 14.5 Å². The highest BCUT2D eigenvalue weighted by atomic mass is 35.5. The van der Waals surface area contributed by atoms with E-state index >= 15 is 0 Å². The number of thioether (sulfide) groups is 1. The lowest BCUT2D eigenvalue weighted by molar-refractivity contribution is -0.120. The van der Waals surface area contributed by atoms with Gasteiger partial charge in [0.1, 0.15) is 22.6 Å². The number of imidazole rings is 1. The molecule has 1 unspecified atom stereocenters. The van der Waals surface area contributed by atoms with Crippen molar-refractivity contribution in [2.24, 2.45) is 7.05 Å². The van der Waals surface area contributed by atoms with Crippen LogP contribution in [0.1, 0.15) is 16.9 Å². The molecule has 0 bridgehead atoms. The molecule has 1 atom stereocenters. The number of carbonyl (C=O) groups is 1. The SMILES string of the molecule is CN(Cc1cc2c(=O)c(CC(=O)NCc3ccc(Cl)cc3)cn(C)c2o1)CC(O)CSc1ncnc2nc[nH]c12. The summed E-state index contributed by atoms with van der Waals surface area (Å²) < 4.78 is 7.68. The van der Waals surface area contributed by atoms with Crippen molar-refractivity contribution in [3.8, 4) is 0 Å². The van der Waals surface area contributed by atoms with Crippen LogP contribution in [0.2, 0.25) is 5.02 Å². The van der Waals surface area contributed by atoms with Gasteiger partial charge < -0.3 is 24.4 Å². The molecule has 0 aliphatic carbocycles. The van der Waals surface area contributed by atoms with Gasteiger partial charge in [-0.15, -0.1) is 11.8 Å². The number of halogens is 1. The highest BCUT2D eigenvalue weighted by Gasteiger charge is 2.18. The molecule has 1 amide bonds. The van der Waals surface area contributed by atoms with Crippen molar-refractivity contribution in [1.29, 1.82) is 0 Å². The van der Waals surface area contributed by atoms with Crippen molar-refractivity contribution < 1.29 is 14.3 Å². The average molecular weight is 582 g/mol. The Bertz CT molecular complexity index is 1700. The zero-order valence-electron chi connectivity index (χ0n) is 21.9. The molecule has 5 rings (SSSR count). The fraction of sp³-hybridized carbons (Fsp3) is 0.296. The van der Waals surface area contributed by atoms with E-state index < -0.39 is 6.10 Å². The first-order chi connectivity index (χ1) is 19.3. The minimum absolute atomic E-state index is 0.0440. The number of rotatable bonds is 11. The number of aryl methyl sites for hydroxylation is 1. The quantitative estimate of drug-likeness (QED) is 0.158. The van der Waals surface area contributed by atoms with Gasteiger partial charge in [-0.1, -0.05) is 23.7 Å². The molecule has 13 heteroatoms. The van der Waals surface area contributed by atoms with Crippen LogP contribution in [-0.2, 0) is 31.4 Å². The molecule has 3 N–H and O–H groups in total. The van der Waals surface area contributed by atoms with E-state index in [4.69, 9.17) is 16.0 Å². The van der Waals surface area contributed by atoms with Gasteiger partial charge in [0.15, 0.2) is 11.1 Å². The Labute approximate surface area is 238 Å². The van der Waals surface area contributed by atoms with Gasteiger partial charge in [-0.05, 0) is 30.8 Å². The number of pyridine rings is 1. The summed E-state index contributed by atoms with van der Waals surface area (Å²) in [4.78, 5) is 43.1. The molecule has 208 valence electrons. The summed E-state index contributed by atoms with van der Waals surface area (Å²) in [6.07, 6.45) is 3.98. The number of hydrogen-bond acceptors (Lipinski definition) is 9. The van der Waals surface area contributed by atoms with Crippen molar-refractivity contribution in [2.45, 2.75) is 30.6 Å². The zero-order chi connectivity index (χ0) is 28.2. The Morgan fingerprint density at radius 3 is 2.88 bits per heavy atom. The van der Waals surface area contributed by atoms with Crippen molar-refractivity contribution in [2.75, 3.05) is 19.3 Å². The van der Waals surface area contributed by atoms with Crippen LogP contribution in [0.4, 0.5) is 0 Å². The largest absolute Gasteiger partial charge is 0.443 e. The van der Waals surface area contributed by atoms with Gasteiger partial charge in [-0.2, -0.15) is 0 Å². The van der Waals surface area contributed by atoms with E-state index in [1.54, 1.807) is 42.3 Å². The number of aromatic amines is 1. The third-order valence-electron chi connectivity index (χ3n) is 6.27. The van der Waals surface area contributed by atoms with Crippen LogP contribution in [0.25, 0.3) is 22.3 Å². The number of aliphatic hydroxyl groups is 1. The van der Waals surface area contributed by atoms with Gasteiger partial charge in [-0.25, -0.2) is 15.0 Å². The van der Waals surface area contributed by atoms with Crippen LogP contribution in [0.15, 0.2) is 63.4 Å². The van der Waals surface area contributed by atoms with Gasteiger partial charge in [0.05, 0.1) is 30.8 Å². The molecule has 40 heavy (non-hydrogen) atoms. The molecule has 5 aromatic rings. The fourth-order valence-corrected chi connectivity index (χ4v) is 5.39. The molecule has 0 saturated carbocycles. The monoisotopic (exact) mass is 581 g/mol. The summed E-state index contributed by atoms with van der Waals surface area (Å²) in [7, 11) is 3.64. The molecule has 0 aliphatic heterocycles. The van der Waals surface area contributed by atoms with Crippen LogP contribution in [-0.4, -0.2) is 65.9 Å². The van der Waals surface area contributed by atoms with Crippen LogP contribution in [0.3, 0.4) is 0 Å². The molecule has 0 radical (unpaired) electrons. The number of fused-ring (bicyclic) bond motifs is 2. The van der Waals surface area contributed by atoms with Crippen LogP contribution in [0, 0.1) is 0 Å². The van der Waals surface area contributed by atoms with E-state index in [0.29, 0.717) is 58.5 Å². The van der Waals surface area contributed by atoms with Crippen molar-refractivity contribution in [1.82, 2.24) is 34.7 Å². The number of H-pyrrole nitrogens is 1. The molecule has 0 spiro atoms. The summed E-state index contributed by atoms with van der Waals surface area (Å²) >= 11 is 7.33. The number of nitrogens with zero attached hydrogens (tertiary/aromatic N) is 5. The summed E-state index contributed by atoms with van der Waals surface area (Å²) in [5.74, 6) is 0.764. The second-order valence-corrected chi connectivity index (χ2v) is 11.0. The Morgan fingerprint density at radius 2 is 2.08 bits per heavy atom. The lowest BCUT2D eigenvalue weighted by Gasteiger charge is -2.19. The fourth-order valence-electron chi connectivity index (χ4n) is 4.39. The first-order valence-corrected chi connectivity index (χ1v) is 13.9. The summed E-state index contributed by atoms with van der Waals surface area (Å²) in [5, 5.41) is 15.2. The normalized spacial score (nSPS) is 12.4. The average Bonchev–Trinajstić information content (AvgIpc) is 3.58. The van der Waals surface area contributed by atoms with E-state index in [0.717, 1.165) is 16.1 Å². The van der Waals surface area contributed by atoms with E-state index in [-0.39, 0.29) is 17.8 Å². The van der Waals surface area contributed by atoms with E-state index in [9.17, 15) is 14.7 Å². The first kappa shape index (κ1) is 27.8. The van der Waals surface area contributed by atoms with E-state index in [1.807, 2.05) is 24.1 Å². The second kappa shape index (κ2) is 12.2. The predicted octanol–water partition coefficient (Wildman–Crippen LogP) is 2.90. The maximum absolute atomic E-state index is 13.2. The molecular formula is C27H28ClN7O4S. The summed E-state index contributed by atoms with van der Waals surface area (Å²) in [6.45, 7) is 1.12. The van der Waals surface area contributed by atoms with Gasteiger partial charge in [0, 0.05) is 42.7 Å². The number of aromatic nitrogens is 5. The smallest absolute Gasteiger partial charge is 0.224 e. The number of furan rings is 1. The number of amides is 1. The lowest BCUT2D eigenvalue weighted by Crippen LogP contribution is -2.30. The number of aliphatic hydroxyl groups excluding tert-OH is 1. The Balaban J connectivity index is 1.18. The Morgan fingerprint density at radius 1 is 1.27 bits per heavy atom. The van der Waals surface area contributed by atoms with Crippen molar-refractivity contribution in [3.05, 3.63) is 81.3 Å². The zero-order valence-corrected chi connectivity index (χ0v) is 23.5. The van der Waals surface area contributed by atoms with Gasteiger partial charge in [0.25, 0.3) is 0 Å². The lowest BCUT2D eigenvalue weighted by atomic mass is 10.1. The predicted molar refractivity (Wildman–Crippen MR) is 153 cm³/mol. The third-order valence-corrected chi connectivity index (χ3v) is 7.66. The maximum atomic E-state index is 13.2. The van der Waals surface area contributed by atoms with E-state index in [1.165, 1.54) is 18.1 Å². The molecular weight excluding hydrogens is 554 g/mol. The minimum Gasteiger partial charge on any atom is -0.443 e. The number of hydrogen-bond donors (Lipinski definition) is 3. The van der Waals surface area contributed by atoms with Gasteiger partial charge >= 0.3 is 0 Å². The molecule has 0 aliphatic rings. The molecule has 4 heterocycles. The molecule has 4 aromatic heterocycles. The number of carbonyl (C=O) groups excluding carboxylic acids is 1. The van der Waals surface area contributed by atoms with Crippen molar-refractivity contribution in [3.63, 3.8) is 0 Å². The molecule has 1 aromatic carbocycles. The first-order valence-electron chi connectivity index (χ1n) is 12.5. The maximum Gasteiger partial charge on any atom is 0.224 e. The third kappa shape index (κ3) is 6.53. The van der Waals surface area contributed by atoms with Crippen molar-refractivity contribution >= 4 is 51.5 Å². The van der Waals surface area contributed by atoms with E-state index in [2.05, 4.69) is 25.3 Å². The minimum atomic E-state index is -0.628. The van der Waals surface area contributed by atoms with Crippen LogP contribution >= 0.6 is 23.4 Å². The number of likely N-dealkylation sites (N-methyl/N-ethyl adjacent to an activating group) is 1. The molecule has 11 nitrogen and oxygen atoms in total. The molecule has 0 fully saturated rings. The Hall–Kier alpha value is -3.71. The Kier molecular flexibility index (Phi) is 8.50. The number of benzene rings is 1. The number of nitrogens with one attached hydrogen (secondary N) is 2.